The van der Waals surface area contributed by atoms with Crippen molar-refractivity contribution in [1.82, 2.24) is 19.9 Å². The summed E-state index contributed by atoms with van der Waals surface area (Å²) in [5, 5.41) is 2.97. The second-order valence-corrected chi connectivity index (χ2v) is 8.14. The van der Waals surface area contributed by atoms with Crippen LogP contribution in [0.1, 0.15) is 21.5 Å². The number of ether oxygens (including phenoxy) is 2. The maximum Gasteiger partial charge on any atom is 0.257 e. The predicted molar refractivity (Wildman–Crippen MR) is 129 cm³/mol. The third-order valence-electron chi connectivity index (χ3n) is 5.97. The highest BCUT2D eigenvalue weighted by molar-refractivity contribution is 6.11. The maximum atomic E-state index is 13.4. The molecule has 1 amide bonds. The van der Waals surface area contributed by atoms with Gasteiger partial charge in [0.05, 0.1) is 16.7 Å². The number of fused-ring (bicyclic) bond motifs is 3. The molecule has 0 bridgehead atoms. The van der Waals surface area contributed by atoms with E-state index >= 15 is 0 Å². The number of benzene rings is 3. The van der Waals surface area contributed by atoms with Crippen molar-refractivity contribution in [3.8, 4) is 17.2 Å². The number of anilines is 1. The van der Waals surface area contributed by atoms with E-state index in [-0.39, 0.29) is 12.7 Å². The number of carbonyl (C=O) groups excluding carboxylic acids is 1. The average Bonchev–Trinajstić information content (AvgIpc) is 3.42. The summed E-state index contributed by atoms with van der Waals surface area (Å²) in [5.41, 5.74) is 12.1. The van der Waals surface area contributed by atoms with E-state index in [1.165, 1.54) is 0 Å². The van der Waals surface area contributed by atoms with Crippen LogP contribution in [0.4, 0.5) is 5.82 Å². The van der Waals surface area contributed by atoms with Gasteiger partial charge in [-0.15, -0.1) is 0 Å². The molecule has 8 heteroatoms. The molecule has 3 aromatic carbocycles. The van der Waals surface area contributed by atoms with Crippen molar-refractivity contribution in [3.05, 3.63) is 83.4 Å². The minimum absolute atomic E-state index is 0.201. The molecule has 0 atom stereocenters. The van der Waals surface area contributed by atoms with Crippen molar-refractivity contribution in [3.63, 3.8) is 0 Å². The summed E-state index contributed by atoms with van der Waals surface area (Å²) in [4.78, 5) is 23.0. The number of nitrogens with zero attached hydrogens (tertiary/aromatic N) is 3. The van der Waals surface area contributed by atoms with E-state index in [1.807, 2.05) is 73.7 Å². The van der Waals surface area contributed by atoms with E-state index in [9.17, 15) is 4.79 Å². The lowest BCUT2D eigenvalue weighted by molar-refractivity contribution is 0.0953. The van der Waals surface area contributed by atoms with Crippen molar-refractivity contribution < 1.29 is 14.3 Å². The first-order valence-corrected chi connectivity index (χ1v) is 10.9. The van der Waals surface area contributed by atoms with Gasteiger partial charge in [-0.3, -0.25) is 9.36 Å². The Morgan fingerprint density at radius 3 is 2.56 bits per heavy atom. The quantitative estimate of drug-likeness (QED) is 0.426. The molecule has 1 aliphatic heterocycles. The van der Waals surface area contributed by atoms with Crippen molar-refractivity contribution in [2.75, 3.05) is 12.5 Å². The summed E-state index contributed by atoms with van der Waals surface area (Å²) >= 11 is 0. The van der Waals surface area contributed by atoms with Crippen molar-refractivity contribution in [1.29, 1.82) is 0 Å². The van der Waals surface area contributed by atoms with Crippen LogP contribution in [0.2, 0.25) is 0 Å². The number of amides is 1. The molecule has 0 unspecified atom stereocenters. The number of hydrogen-bond acceptors (Lipinski definition) is 6. The topological polar surface area (TPSA) is 104 Å². The van der Waals surface area contributed by atoms with Crippen LogP contribution in [-0.4, -0.2) is 27.2 Å². The van der Waals surface area contributed by atoms with E-state index in [2.05, 4.69) is 5.32 Å². The van der Waals surface area contributed by atoms with Crippen molar-refractivity contribution >= 4 is 33.9 Å². The maximum absolute atomic E-state index is 13.4. The molecule has 0 saturated heterocycles. The van der Waals surface area contributed by atoms with Gasteiger partial charge in [0, 0.05) is 6.54 Å². The van der Waals surface area contributed by atoms with E-state index in [0.29, 0.717) is 46.1 Å². The number of nitrogens with one attached hydrogen (secondary N) is 1. The smallest absolute Gasteiger partial charge is 0.257 e. The molecule has 0 fully saturated rings. The van der Waals surface area contributed by atoms with Crippen LogP contribution in [0.15, 0.2) is 66.7 Å². The van der Waals surface area contributed by atoms with Gasteiger partial charge in [0.2, 0.25) is 6.79 Å². The number of nitrogen functional groups attached to an aromatic ring is 1. The Hall–Kier alpha value is -4.59. The van der Waals surface area contributed by atoms with E-state index in [4.69, 9.17) is 25.2 Å². The van der Waals surface area contributed by atoms with Crippen molar-refractivity contribution in [2.24, 2.45) is 0 Å². The Kier molecular flexibility index (Phi) is 4.58. The van der Waals surface area contributed by atoms with Gasteiger partial charge < -0.3 is 20.5 Å². The first-order chi connectivity index (χ1) is 16.6. The molecular formula is C26H21N5O3. The largest absolute Gasteiger partial charge is 0.454 e. The van der Waals surface area contributed by atoms with Gasteiger partial charge in [0.15, 0.2) is 17.1 Å². The lowest BCUT2D eigenvalue weighted by atomic mass is 10.2. The Morgan fingerprint density at radius 1 is 1.00 bits per heavy atom. The Labute approximate surface area is 194 Å². The number of aryl methyl sites for hydroxylation is 1. The predicted octanol–water partition coefficient (Wildman–Crippen LogP) is 4.12. The summed E-state index contributed by atoms with van der Waals surface area (Å²) in [6.07, 6.45) is 0. The molecule has 6 rings (SSSR count). The van der Waals surface area contributed by atoms with E-state index < -0.39 is 0 Å². The van der Waals surface area contributed by atoms with Gasteiger partial charge in [-0.05, 0) is 48.4 Å². The Balaban J connectivity index is 1.45. The van der Waals surface area contributed by atoms with E-state index in [1.54, 1.807) is 4.57 Å². The molecule has 0 spiro atoms. The zero-order chi connectivity index (χ0) is 23.2. The molecule has 0 aliphatic carbocycles. The van der Waals surface area contributed by atoms with Gasteiger partial charge in [-0.1, -0.05) is 36.4 Å². The summed E-state index contributed by atoms with van der Waals surface area (Å²) in [6, 6.07) is 21.0. The Morgan fingerprint density at radius 2 is 1.74 bits per heavy atom. The zero-order valence-electron chi connectivity index (χ0n) is 18.4. The molecule has 168 valence electrons. The highest BCUT2D eigenvalue weighted by Gasteiger charge is 2.25. The molecule has 0 saturated carbocycles. The molecule has 1 aliphatic rings. The third-order valence-corrected chi connectivity index (χ3v) is 5.97. The number of carbonyl (C=O) groups is 1. The molecule has 3 N–H and O–H groups in total. The van der Waals surface area contributed by atoms with Crippen LogP contribution in [0.5, 0.6) is 11.5 Å². The SMILES string of the molecule is Cc1ccccc1-n1c(N)c(C(=O)NCc2ccc3c(c2)OCO3)c2nc3ccccc3nc21. The fourth-order valence-electron chi connectivity index (χ4n) is 4.27. The molecule has 3 heterocycles. The number of nitrogens with two attached hydrogens (primary N) is 1. The highest BCUT2D eigenvalue weighted by atomic mass is 16.7. The Bertz CT molecular complexity index is 1590. The fourth-order valence-corrected chi connectivity index (χ4v) is 4.27. The molecule has 2 aromatic heterocycles. The first-order valence-electron chi connectivity index (χ1n) is 10.9. The van der Waals surface area contributed by atoms with Crippen molar-refractivity contribution in [2.45, 2.75) is 13.5 Å². The number of rotatable bonds is 4. The van der Waals surface area contributed by atoms with Crippen LogP contribution in [0, 0.1) is 6.92 Å². The number of para-hydroxylation sites is 3. The third kappa shape index (κ3) is 3.19. The average molecular weight is 451 g/mol. The standard InChI is InChI=1S/C26H21N5O3/c1-15-6-2-5-9-19(15)31-24(27)22(23-25(31)30-18-8-4-3-7-17(18)29-23)26(32)28-13-16-10-11-20-21(12-16)34-14-33-20/h2-12H,13-14,27H2,1H3,(H,28,32). The van der Waals surface area contributed by atoms with Gasteiger partial charge in [0.25, 0.3) is 5.91 Å². The molecule has 34 heavy (non-hydrogen) atoms. The lowest BCUT2D eigenvalue weighted by Gasteiger charge is -2.11. The van der Waals surface area contributed by atoms with E-state index in [0.717, 1.165) is 22.3 Å². The lowest BCUT2D eigenvalue weighted by Crippen LogP contribution is -2.24. The molecular weight excluding hydrogens is 430 g/mol. The highest BCUT2D eigenvalue weighted by Crippen LogP contribution is 2.34. The van der Waals surface area contributed by atoms with Gasteiger partial charge >= 0.3 is 0 Å². The van der Waals surface area contributed by atoms with Crippen LogP contribution in [-0.2, 0) is 6.54 Å². The van der Waals surface area contributed by atoms with Gasteiger partial charge in [-0.25, -0.2) is 9.97 Å². The summed E-state index contributed by atoms with van der Waals surface area (Å²) in [5.74, 6) is 1.34. The number of hydrogen-bond donors (Lipinski definition) is 2. The molecule has 5 aromatic rings. The van der Waals surface area contributed by atoms with Crippen LogP contribution in [0.25, 0.3) is 27.9 Å². The van der Waals surface area contributed by atoms with Crippen LogP contribution >= 0.6 is 0 Å². The number of aromatic nitrogens is 3. The zero-order valence-corrected chi connectivity index (χ0v) is 18.4. The molecule has 8 nitrogen and oxygen atoms in total. The minimum Gasteiger partial charge on any atom is -0.454 e. The van der Waals surface area contributed by atoms with Crippen LogP contribution in [0.3, 0.4) is 0 Å². The normalized spacial score (nSPS) is 12.4. The van der Waals surface area contributed by atoms with Crippen LogP contribution < -0.4 is 20.5 Å². The second-order valence-electron chi connectivity index (χ2n) is 8.14. The monoisotopic (exact) mass is 451 g/mol. The van der Waals surface area contributed by atoms with Gasteiger partial charge in [0.1, 0.15) is 16.9 Å². The summed E-state index contributed by atoms with van der Waals surface area (Å²) in [7, 11) is 0. The fraction of sp³-hybridized carbons (Fsp3) is 0.115. The minimum atomic E-state index is -0.322. The molecule has 0 radical (unpaired) electrons. The summed E-state index contributed by atoms with van der Waals surface area (Å²) < 4.78 is 12.6. The second kappa shape index (κ2) is 7.77. The first kappa shape index (κ1) is 20.0. The summed E-state index contributed by atoms with van der Waals surface area (Å²) in [6.45, 7) is 2.49. The van der Waals surface area contributed by atoms with Gasteiger partial charge in [-0.2, -0.15) is 0 Å².